The maximum Gasteiger partial charge on any atom is 0.324 e. The molecule has 0 saturated carbocycles. The number of para-hydroxylation sites is 1. The Kier molecular flexibility index (Phi) is 8.15. The number of cyclic esters (lactones) is 1. The van der Waals surface area contributed by atoms with Crippen LogP contribution in [-0.2, 0) is 37.5 Å². The lowest BCUT2D eigenvalue weighted by Crippen LogP contribution is -2.56. The Morgan fingerprint density at radius 3 is 2.09 bits per heavy atom. The highest BCUT2D eigenvalue weighted by Gasteiger charge is 2.74. The number of hydrogen-bond acceptors (Lipinski definition) is 8. The van der Waals surface area contributed by atoms with Crippen molar-refractivity contribution in [2.75, 3.05) is 26.1 Å². The Balaban J connectivity index is 1.28. The second-order valence-electron chi connectivity index (χ2n) is 14.3. The third kappa shape index (κ3) is 5.00. The van der Waals surface area contributed by atoms with Gasteiger partial charge in [0.1, 0.15) is 23.3 Å². The molecule has 0 unspecified atom stereocenters. The van der Waals surface area contributed by atoms with Crippen LogP contribution in [0.25, 0.3) is 0 Å². The number of phenols is 1. The zero-order chi connectivity index (χ0) is 37.1. The van der Waals surface area contributed by atoms with Crippen molar-refractivity contribution in [3.05, 3.63) is 155 Å². The molecule has 4 aliphatic rings. The first kappa shape index (κ1) is 33.7. The predicted octanol–water partition coefficient (Wildman–Crippen LogP) is 6.27. The van der Waals surface area contributed by atoms with Crippen LogP contribution in [0.2, 0.25) is 0 Å². The lowest BCUT2D eigenvalue weighted by Gasteiger charge is -2.46. The molecule has 10 nitrogen and oxygen atoms in total. The molecular weight excluding hydrogens is 682 g/mol. The van der Waals surface area contributed by atoms with Crippen LogP contribution in [0, 0.1) is 5.92 Å². The molecule has 1 spiro atoms. The van der Waals surface area contributed by atoms with Crippen LogP contribution >= 0.6 is 0 Å². The summed E-state index contributed by atoms with van der Waals surface area (Å²) < 4.78 is 17.7. The number of fused-ring (bicyclic) bond motifs is 4. The summed E-state index contributed by atoms with van der Waals surface area (Å²) in [5.41, 5.74) is 3.95. The van der Waals surface area contributed by atoms with E-state index in [1.165, 1.54) is 0 Å². The van der Waals surface area contributed by atoms with Gasteiger partial charge in [-0.15, -0.1) is 0 Å². The second kappa shape index (κ2) is 13.1. The Morgan fingerprint density at radius 2 is 1.41 bits per heavy atom. The molecule has 0 radical (unpaired) electrons. The average Bonchev–Trinajstić information content (AvgIpc) is 3.69. The first-order chi connectivity index (χ1) is 26.3. The van der Waals surface area contributed by atoms with E-state index in [0.29, 0.717) is 41.3 Å². The maximum absolute atomic E-state index is 15.6. The molecular formula is C44H39N3O7. The average molecular weight is 722 g/mol. The van der Waals surface area contributed by atoms with E-state index < -0.39 is 41.5 Å². The van der Waals surface area contributed by atoms with Crippen molar-refractivity contribution >= 4 is 23.5 Å². The van der Waals surface area contributed by atoms with Gasteiger partial charge in [0.25, 0.3) is 0 Å². The lowest BCUT2D eigenvalue weighted by molar-refractivity contribution is -0.179. The van der Waals surface area contributed by atoms with Crippen molar-refractivity contribution in [1.29, 1.82) is 0 Å². The molecule has 2 saturated heterocycles. The van der Waals surface area contributed by atoms with E-state index in [4.69, 9.17) is 14.2 Å². The van der Waals surface area contributed by atoms with Gasteiger partial charge in [0.05, 0.1) is 32.2 Å². The molecule has 2 N–H and O–H groups in total. The van der Waals surface area contributed by atoms with E-state index in [-0.39, 0.29) is 24.1 Å². The number of anilines is 1. The number of benzene rings is 5. The van der Waals surface area contributed by atoms with Crippen LogP contribution in [0.1, 0.15) is 51.6 Å². The third-order valence-corrected chi connectivity index (χ3v) is 11.7. The van der Waals surface area contributed by atoms with Crippen LogP contribution in [0.5, 0.6) is 17.2 Å². The summed E-state index contributed by atoms with van der Waals surface area (Å²) in [6, 6.07) is 34.9. The number of morpholine rings is 1. The van der Waals surface area contributed by atoms with E-state index in [1.807, 2.05) is 97.1 Å². The zero-order valence-electron chi connectivity index (χ0n) is 29.8. The van der Waals surface area contributed by atoms with Crippen molar-refractivity contribution in [2.45, 2.75) is 42.6 Å². The van der Waals surface area contributed by atoms with Gasteiger partial charge >= 0.3 is 5.97 Å². The number of amides is 2. The second-order valence-corrected chi connectivity index (χ2v) is 14.3. The first-order valence-corrected chi connectivity index (χ1v) is 18.2. The lowest BCUT2D eigenvalue weighted by atomic mass is 9.65. The van der Waals surface area contributed by atoms with E-state index in [2.05, 4.69) is 10.2 Å². The predicted molar refractivity (Wildman–Crippen MR) is 200 cm³/mol. The highest BCUT2D eigenvalue weighted by atomic mass is 16.6. The fraction of sp³-hybridized carbons (Fsp3) is 0.250. The summed E-state index contributed by atoms with van der Waals surface area (Å²) in [6.07, 6.45) is -0.209. The fourth-order valence-corrected chi connectivity index (χ4v) is 9.45. The topological polar surface area (TPSA) is 118 Å². The molecule has 4 aliphatic heterocycles. The van der Waals surface area contributed by atoms with Gasteiger partial charge in [-0.2, -0.15) is 0 Å². The van der Waals surface area contributed by atoms with Crippen LogP contribution in [0.3, 0.4) is 0 Å². The molecule has 272 valence electrons. The van der Waals surface area contributed by atoms with Crippen molar-refractivity contribution in [3.63, 3.8) is 0 Å². The largest absolute Gasteiger partial charge is 0.508 e. The summed E-state index contributed by atoms with van der Waals surface area (Å²) in [7, 11) is 3.17. The standard InChI is InChI=1S/C44H39N3O7/c1-52-34-23-29-21-22-46(25-30(29)24-35(34)53-2)41(49)36-38-42(50)54-39(27-13-7-4-8-14-27)37(26-11-5-3-6-12-26)47(38)40(28-17-19-31(48)20-18-28)44(36)32-15-9-10-16-33(32)45-43(44)51/h3-20,23-24,36-40,48H,21-22,25H2,1-2H3,(H,45,51)/t36-,37-,38-,39+,40+,44-/m0/s1. The number of esters is 1. The Bertz CT molecular complexity index is 2260. The normalized spacial score (nSPS) is 25.7. The number of aromatic hydroxyl groups is 1. The molecule has 4 heterocycles. The molecule has 0 bridgehead atoms. The number of rotatable bonds is 6. The highest BCUT2D eigenvalue weighted by Crippen LogP contribution is 2.65. The number of methoxy groups -OCH3 is 2. The van der Waals surface area contributed by atoms with Crippen LogP contribution in [-0.4, -0.2) is 59.5 Å². The van der Waals surface area contributed by atoms with E-state index in [0.717, 1.165) is 22.3 Å². The molecule has 10 heteroatoms. The summed E-state index contributed by atoms with van der Waals surface area (Å²) in [4.78, 5) is 49.6. The van der Waals surface area contributed by atoms with E-state index in [1.54, 1.807) is 43.4 Å². The first-order valence-electron chi connectivity index (χ1n) is 18.2. The molecule has 9 rings (SSSR count). The summed E-state index contributed by atoms with van der Waals surface area (Å²) >= 11 is 0. The van der Waals surface area contributed by atoms with Crippen molar-refractivity contribution in [1.82, 2.24) is 9.80 Å². The van der Waals surface area contributed by atoms with Gasteiger partial charge in [0, 0.05) is 18.8 Å². The summed E-state index contributed by atoms with van der Waals surface area (Å²) in [6.45, 7) is 0.627. The van der Waals surface area contributed by atoms with Crippen LogP contribution in [0.15, 0.2) is 121 Å². The number of nitrogens with one attached hydrogen (secondary N) is 1. The van der Waals surface area contributed by atoms with Gasteiger partial charge in [0.2, 0.25) is 11.8 Å². The third-order valence-electron chi connectivity index (χ3n) is 11.7. The van der Waals surface area contributed by atoms with Gasteiger partial charge in [-0.05, 0) is 70.1 Å². The van der Waals surface area contributed by atoms with Crippen molar-refractivity contribution in [3.8, 4) is 17.2 Å². The minimum atomic E-state index is -1.56. The number of hydrogen-bond donors (Lipinski definition) is 2. The van der Waals surface area contributed by atoms with E-state index in [9.17, 15) is 9.90 Å². The highest BCUT2D eigenvalue weighted by molar-refractivity contribution is 6.12. The van der Waals surface area contributed by atoms with Gasteiger partial charge in [-0.25, -0.2) is 0 Å². The van der Waals surface area contributed by atoms with Crippen LogP contribution < -0.4 is 14.8 Å². The molecule has 54 heavy (non-hydrogen) atoms. The van der Waals surface area contributed by atoms with E-state index >= 15 is 9.59 Å². The summed E-state index contributed by atoms with van der Waals surface area (Å²) in [5, 5.41) is 13.6. The minimum Gasteiger partial charge on any atom is -0.508 e. The Morgan fingerprint density at radius 1 is 0.778 bits per heavy atom. The molecule has 5 aromatic carbocycles. The van der Waals surface area contributed by atoms with Gasteiger partial charge < -0.3 is 29.5 Å². The molecule has 0 aliphatic carbocycles. The fourth-order valence-electron chi connectivity index (χ4n) is 9.45. The number of nitrogens with zero attached hydrogens (tertiary/aromatic N) is 2. The zero-order valence-corrected chi connectivity index (χ0v) is 29.8. The molecule has 0 aromatic heterocycles. The Labute approximate surface area is 312 Å². The van der Waals surface area contributed by atoms with Gasteiger partial charge in [-0.1, -0.05) is 91.0 Å². The smallest absolute Gasteiger partial charge is 0.324 e. The monoisotopic (exact) mass is 721 g/mol. The van der Waals surface area contributed by atoms with Gasteiger partial charge in [-0.3, -0.25) is 19.3 Å². The summed E-state index contributed by atoms with van der Waals surface area (Å²) in [5.74, 6) is -1.21. The van der Waals surface area contributed by atoms with Crippen molar-refractivity contribution in [2.24, 2.45) is 5.92 Å². The minimum absolute atomic E-state index is 0.0603. The SMILES string of the molecule is COc1cc2c(cc1OC)CN(C(=O)[C@@H]1[C@H]3C(=O)O[C@H](c4ccccc4)[C@H](c4ccccc4)N3[C@H](c3ccc(O)cc3)[C@@]13C(=O)Nc1ccccc13)CC2. The number of carbonyl (C=O) groups excluding carboxylic acids is 3. The number of ether oxygens (including phenoxy) is 3. The number of carbonyl (C=O) groups is 3. The van der Waals surface area contributed by atoms with Gasteiger partial charge in [0.15, 0.2) is 11.5 Å². The number of phenolic OH excluding ortho intramolecular Hbond substituents is 1. The maximum atomic E-state index is 15.6. The molecule has 2 amide bonds. The Hall–Kier alpha value is -6.13. The molecule has 2 fully saturated rings. The van der Waals surface area contributed by atoms with Crippen LogP contribution in [0.4, 0.5) is 5.69 Å². The molecule has 5 aromatic rings. The quantitative estimate of drug-likeness (QED) is 0.197. The molecule has 6 atom stereocenters. The van der Waals surface area contributed by atoms with Crippen molar-refractivity contribution < 1.29 is 33.7 Å².